The maximum Gasteiger partial charge on any atom is 0.162 e. The summed E-state index contributed by atoms with van der Waals surface area (Å²) in [6.07, 6.45) is 12.0. The van der Waals surface area contributed by atoms with Gasteiger partial charge in [-0.2, -0.15) is 0 Å². The molecule has 1 aromatic heterocycles. The van der Waals surface area contributed by atoms with Crippen molar-refractivity contribution in [3.8, 4) is 11.3 Å². The summed E-state index contributed by atoms with van der Waals surface area (Å²) in [4.78, 5) is 16.6. The number of rotatable bonds is 9. The summed E-state index contributed by atoms with van der Waals surface area (Å²) in [6.45, 7) is 17.2. The van der Waals surface area contributed by atoms with E-state index in [1.807, 2.05) is 33.9 Å². The SMILES string of the molecule is CCC(CC)C(=O)/C=C(\O)C(CC)CC.Cc1[c-]c(-c2nccc3ccc4c(C5CCC(C)(C)CC5)cccc4c23)cc(C)c1.[Ir]. The average Bonchev–Trinajstić information content (AvgIpc) is 3.01. The number of allylic oxidation sites excluding steroid dienone is 2. The fourth-order valence-electron chi connectivity index (χ4n) is 7.13. The number of aliphatic hydroxyl groups is 1. The van der Waals surface area contributed by atoms with Gasteiger partial charge in [0.25, 0.3) is 0 Å². The van der Waals surface area contributed by atoms with E-state index in [4.69, 9.17) is 4.98 Å². The van der Waals surface area contributed by atoms with Crippen molar-refractivity contribution < 1.29 is 30.0 Å². The number of nitrogens with zero attached hydrogens (tertiary/aromatic N) is 1. The van der Waals surface area contributed by atoms with Crippen molar-refractivity contribution in [2.45, 2.75) is 113 Å². The van der Waals surface area contributed by atoms with Gasteiger partial charge in [-0.3, -0.25) is 4.79 Å². The molecule has 0 atom stereocenters. The van der Waals surface area contributed by atoms with E-state index in [0.29, 0.717) is 11.3 Å². The van der Waals surface area contributed by atoms with E-state index in [2.05, 4.69) is 82.3 Å². The average molecular weight is 797 g/mol. The fraction of sp³-hybridized carbons (Fsp3) is 0.476. The Balaban J connectivity index is 0.000000309. The Morgan fingerprint density at radius 1 is 0.935 bits per heavy atom. The predicted octanol–water partition coefficient (Wildman–Crippen LogP) is 12.0. The van der Waals surface area contributed by atoms with E-state index in [9.17, 15) is 9.90 Å². The van der Waals surface area contributed by atoms with Gasteiger partial charge in [0.15, 0.2) is 5.78 Å². The normalized spacial score (nSPS) is 15.1. The van der Waals surface area contributed by atoms with Crippen molar-refractivity contribution in [2.75, 3.05) is 0 Å². The van der Waals surface area contributed by atoms with Gasteiger partial charge in [-0.15, -0.1) is 34.9 Å². The zero-order valence-corrected chi connectivity index (χ0v) is 31.7. The molecule has 4 heteroatoms. The molecule has 5 rings (SSSR count). The second kappa shape index (κ2) is 16.8. The molecule has 1 aliphatic rings. The first-order valence-electron chi connectivity index (χ1n) is 17.3. The van der Waals surface area contributed by atoms with Crippen LogP contribution in [0.1, 0.15) is 116 Å². The van der Waals surface area contributed by atoms with Crippen LogP contribution in [0.3, 0.4) is 0 Å². The van der Waals surface area contributed by atoms with Crippen molar-refractivity contribution in [3.63, 3.8) is 0 Å². The summed E-state index contributed by atoms with van der Waals surface area (Å²) >= 11 is 0. The van der Waals surface area contributed by atoms with Gasteiger partial charge in [-0.05, 0) is 102 Å². The van der Waals surface area contributed by atoms with Crippen LogP contribution in [0.15, 0.2) is 66.6 Å². The molecule has 1 radical (unpaired) electrons. The van der Waals surface area contributed by atoms with E-state index >= 15 is 0 Å². The van der Waals surface area contributed by atoms with Crippen LogP contribution in [-0.2, 0) is 24.9 Å². The number of hydrogen-bond acceptors (Lipinski definition) is 3. The van der Waals surface area contributed by atoms with Gasteiger partial charge in [-0.25, -0.2) is 0 Å². The maximum absolute atomic E-state index is 11.7. The molecule has 1 fully saturated rings. The summed E-state index contributed by atoms with van der Waals surface area (Å²) in [7, 11) is 0. The van der Waals surface area contributed by atoms with Crippen molar-refractivity contribution in [2.24, 2.45) is 17.3 Å². The number of pyridine rings is 1. The Morgan fingerprint density at radius 2 is 1.59 bits per heavy atom. The molecule has 1 saturated carbocycles. The second-order valence-electron chi connectivity index (χ2n) is 14.0. The number of benzene rings is 3. The number of ketones is 1. The van der Waals surface area contributed by atoms with Crippen LogP contribution in [0.4, 0.5) is 0 Å². The van der Waals surface area contributed by atoms with Crippen molar-refractivity contribution in [3.05, 3.63) is 89.3 Å². The molecule has 3 aromatic carbocycles. The molecule has 1 heterocycles. The zero-order chi connectivity index (χ0) is 32.7. The minimum absolute atomic E-state index is 0. The summed E-state index contributed by atoms with van der Waals surface area (Å²) < 4.78 is 0. The van der Waals surface area contributed by atoms with Crippen LogP contribution in [0, 0.1) is 37.2 Å². The third kappa shape index (κ3) is 8.96. The molecule has 1 N–H and O–H groups in total. The molecule has 4 aromatic rings. The van der Waals surface area contributed by atoms with Crippen molar-refractivity contribution in [1.29, 1.82) is 0 Å². The largest absolute Gasteiger partial charge is 0.512 e. The number of carbonyl (C=O) groups excluding carboxylic acids is 1. The van der Waals surface area contributed by atoms with Gasteiger partial charge < -0.3 is 10.1 Å². The molecule has 0 unspecified atom stereocenters. The number of fused-ring (bicyclic) bond motifs is 3. The minimum Gasteiger partial charge on any atom is -0.512 e. The zero-order valence-electron chi connectivity index (χ0n) is 29.3. The molecule has 46 heavy (non-hydrogen) atoms. The van der Waals surface area contributed by atoms with Gasteiger partial charge in [0.1, 0.15) is 0 Å². The van der Waals surface area contributed by atoms with E-state index in [0.717, 1.165) is 42.5 Å². The van der Waals surface area contributed by atoms with E-state index in [1.54, 1.807) is 0 Å². The molecular weight excluding hydrogens is 743 g/mol. The van der Waals surface area contributed by atoms with Gasteiger partial charge in [0, 0.05) is 44.2 Å². The molecule has 0 saturated heterocycles. The smallest absolute Gasteiger partial charge is 0.162 e. The second-order valence-corrected chi connectivity index (χ2v) is 14.0. The van der Waals surface area contributed by atoms with Crippen molar-refractivity contribution >= 4 is 27.3 Å². The monoisotopic (exact) mass is 797 g/mol. The van der Waals surface area contributed by atoms with Crippen LogP contribution in [0.2, 0.25) is 0 Å². The summed E-state index contributed by atoms with van der Waals surface area (Å²) in [5, 5.41) is 15.0. The van der Waals surface area contributed by atoms with Gasteiger partial charge in [0.05, 0.1) is 5.76 Å². The molecule has 0 aliphatic heterocycles. The van der Waals surface area contributed by atoms with Gasteiger partial charge in [0.2, 0.25) is 0 Å². The Hall–Kier alpha value is -2.81. The quantitative estimate of drug-likeness (QED) is 0.0794. The van der Waals surface area contributed by atoms with Gasteiger partial charge >= 0.3 is 0 Å². The van der Waals surface area contributed by atoms with Crippen LogP contribution < -0.4 is 0 Å². The van der Waals surface area contributed by atoms with Gasteiger partial charge in [-0.1, -0.05) is 85.7 Å². The van der Waals surface area contributed by atoms with E-state index in [-0.39, 0.29) is 43.5 Å². The van der Waals surface area contributed by atoms with E-state index < -0.39 is 0 Å². The Morgan fingerprint density at radius 3 is 2.20 bits per heavy atom. The fourth-order valence-corrected chi connectivity index (χ4v) is 7.13. The molecule has 1 aliphatic carbocycles. The first kappa shape index (κ1) is 37.6. The van der Waals surface area contributed by atoms with Crippen LogP contribution in [-0.4, -0.2) is 15.9 Å². The number of aromatic nitrogens is 1. The number of aryl methyl sites for hydroxylation is 2. The first-order valence-corrected chi connectivity index (χ1v) is 17.3. The minimum atomic E-state index is 0. The van der Waals surface area contributed by atoms with Crippen LogP contribution in [0.25, 0.3) is 32.8 Å². The number of hydrogen-bond donors (Lipinski definition) is 1. The first-order chi connectivity index (χ1) is 21.5. The van der Waals surface area contributed by atoms with Crippen LogP contribution in [0.5, 0.6) is 0 Å². The molecule has 0 bridgehead atoms. The molecule has 249 valence electrons. The summed E-state index contributed by atoms with van der Waals surface area (Å²) in [5.41, 5.74) is 6.57. The maximum atomic E-state index is 11.7. The topological polar surface area (TPSA) is 50.2 Å². The Labute approximate surface area is 291 Å². The standard InChI is InChI=1S/C29H30N.C13H24O2.Ir/c1-19-16-20(2)18-23(17-19)28-27-22(12-15-30-28)8-9-25-24(6-5-7-26(25)27)21-10-13-29(3,4)14-11-21;1-5-10(6-2)12(14)9-13(15)11(7-3)8-4;/h5-9,12,15-17,21H,10-11,13-14H2,1-4H3;9-11,14H,5-8H2,1-4H3;/q-1;;/b;12-9-;. The summed E-state index contributed by atoms with van der Waals surface area (Å²) in [5.74, 6) is 1.21. The number of carbonyl (C=O) groups is 1. The molecular formula is C42H54IrNO2-. The third-order valence-corrected chi connectivity index (χ3v) is 10.1. The third-order valence-electron chi connectivity index (χ3n) is 10.1. The molecule has 3 nitrogen and oxygen atoms in total. The molecule has 0 amide bonds. The number of aliphatic hydroxyl groups excluding tert-OH is 1. The molecule has 0 spiro atoms. The summed E-state index contributed by atoms with van der Waals surface area (Å²) in [6, 6.07) is 21.6. The van der Waals surface area contributed by atoms with E-state index in [1.165, 1.54) is 64.4 Å². The Kier molecular flexibility index (Phi) is 13.8. The Bertz CT molecular complexity index is 1610. The predicted molar refractivity (Wildman–Crippen MR) is 192 cm³/mol. The van der Waals surface area contributed by atoms with Crippen molar-refractivity contribution in [1.82, 2.24) is 4.98 Å². The van der Waals surface area contributed by atoms with Crippen LogP contribution >= 0.6 is 0 Å².